The largest absolute Gasteiger partial charge is 0.504 e. The van der Waals surface area contributed by atoms with Crippen molar-refractivity contribution >= 4 is 11.9 Å². The van der Waals surface area contributed by atoms with E-state index in [1.54, 1.807) is 11.6 Å². The molecular weight excluding hydrogens is 524 g/mol. The third kappa shape index (κ3) is 9.32. The number of allylic oxidation sites excluding steroid dienone is 1. The number of rotatable bonds is 20. The smallest absolute Gasteiger partial charge is 0.227 e. The van der Waals surface area contributed by atoms with Crippen molar-refractivity contribution in [2.45, 2.75) is 169 Å². The second kappa shape index (κ2) is 19.1. The summed E-state index contributed by atoms with van der Waals surface area (Å²) in [6, 6.07) is 10.4. The molecule has 0 saturated carbocycles. The maximum Gasteiger partial charge on any atom is 0.227 e. The van der Waals surface area contributed by atoms with E-state index in [1.807, 2.05) is 12.1 Å². The summed E-state index contributed by atoms with van der Waals surface area (Å²) < 4.78 is 0. The molecule has 2 heteroatoms. The molecule has 0 aliphatic rings. The van der Waals surface area contributed by atoms with Crippen molar-refractivity contribution in [2.24, 2.45) is 0 Å². The monoisotopic (exact) mass is 588 g/mol. The molecule has 240 valence electrons. The predicted octanol–water partition coefficient (Wildman–Crippen LogP) is 13.2. The van der Waals surface area contributed by atoms with Gasteiger partial charge in [-0.15, -0.1) is 0 Å². The summed E-state index contributed by atoms with van der Waals surface area (Å²) in [6.07, 6.45) is 15.9. The Hall–Kier alpha value is -2.35. The highest BCUT2D eigenvalue weighted by molar-refractivity contribution is 6.11. The van der Waals surface area contributed by atoms with E-state index in [9.17, 15) is 9.90 Å². The molecule has 0 bridgehead atoms. The van der Waals surface area contributed by atoms with E-state index in [4.69, 9.17) is 0 Å². The van der Waals surface area contributed by atoms with Gasteiger partial charge in [-0.05, 0) is 127 Å². The van der Waals surface area contributed by atoms with Gasteiger partial charge < -0.3 is 5.11 Å². The van der Waals surface area contributed by atoms with Crippen LogP contribution < -0.4 is 0 Å². The Bertz CT molecular complexity index is 1160. The number of aliphatic hydroxyl groups is 1. The van der Waals surface area contributed by atoms with Gasteiger partial charge in [-0.3, -0.25) is 4.79 Å². The fourth-order valence-electron chi connectivity index (χ4n) is 7.51. The molecule has 0 aliphatic carbocycles. The molecule has 0 spiro atoms. The van der Waals surface area contributed by atoms with Gasteiger partial charge >= 0.3 is 0 Å². The zero-order valence-corrected chi connectivity index (χ0v) is 29.3. The summed E-state index contributed by atoms with van der Waals surface area (Å²) in [5, 5.41) is 11.5. The number of aliphatic hydroxyl groups excluding tert-OH is 1. The van der Waals surface area contributed by atoms with E-state index >= 15 is 0 Å². The minimum Gasteiger partial charge on any atom is -0.504 e. The third-order valence-corrected chi connectivity index (χ3v) is 9.81. The molecule has 0 heterocycles. The molecule has 2 aromatic carbocycles. The van der Waals surface area contributed by atoms with Crippen molar-refractivity contribution in [3.63, 3.8) is 0 Å². The van der Waals surface area contributed by atoms with Gasteiger partial charge in [0.25, 0.3) is 0 Å². The van der Waals surface area contributed by atoms with Crippen LogP contribution in [0.3, 0.4) is 0 Å². The van der Waals surface area contributed by atoms with Gasteiger partial charge in [0.1, 0.15) is 0 Å². The molecule has 4 unspecified atom stereocenters. The van der Waals surface area contributed by atoms with Crippen LogP contribution in [0.2, 0.25) is 0 Å². The van der Waals surface area contributed by atoms with Crippen molar-refractivity contribution < 1.29 is 9.90 Å². The van der Waals surface area contributed by atoms with Crippen LogP contribution in [-0.4, -0.2) is 10.9 Å². The second-order valence-corrected chi connectivity index (χ2v) is 12.8. The molecule has 0 aromatic heterocycles. The number of benzene rings is 2. The topological polar surface area (TPSA) is 37.3 Å². The molecule has 2 nitrogen and oxygen atoms in total. The van der Waals surface area contributed by atoms with E-state index in [-0.39, 0.29) is 11.5 Å². The van der Waals surface area contributed by atoms with Gasteiger partial charge in [0.15, 0.2) is 5.76 Å². The number of carbonyl (C=O) groups excluding carboxylic acids is 1. The Morgan fingerprint density at radius 2 is 1.14 bits per heavy atom. The van der Waals surface area contributed by atoms with E-state index in [1.165, 1.54) is 28.7 Å². The number of hydrogen-bond acceptors (Lipinski definition) is 2. The first kappa shape index (κ1) is 36.8. The molecule has 2 rings (SSSR count). The lowest BCUT2D eigenvalue weighted by atomic mass is 9.69. The molecule has 4 atom stereocenters. The number of hydrogen-bond donors (Lipinski definition) is 1. The molecule has 0 saturated heterocycles. The summed E-state index contributed by atoms with van der Waals surface area (Å²) in [6.45, 7) is 20.6. The van der Waals surface area contributed by atoms with E-state index in [0.29, 0.717) is 23.7 Å². The molecule has 1 N–H and O–H groups in total. The average molecular weight is 589 g/mol. The number of ketones is 1. The summed E-state index contributed by atoms with van der Waals surface area (Å²) in [4.78, 5) is 14.5. The third-order valence-electron chi connectivity index (χ3n) is 9.81. The zero-order valence-electron chi connectivity index (χ0n) is 29.3. The standard InChI is InChI=1S/C41H64O2/c1-10-20-31(15-6)35-28-36(41(43)37(42)27-30-25-19-24-29(14-5)26-30)39(33(17-8)22-12-3)40(34(18-9)23-13-4)38(35)32(16-7)21-11-2/h19,24-28,31-34,42H,10-18,20-23H2,1-9H3. The average Bonchev–Trinajstić information content (AvgIpc) is 3.03. The van der Waals surface area contributed by atoms with Gasteiger partial charge in [0, 0.05) is 5.56 Å². The van der Waals surface area contributed by atoms with Gasteiger partial charge in [-0.2, -0.15) is 0 Å². The Morgan fingerprint density at radius 1 is 0.651 bits per heavy atom. The molecule has 43 heavy (non-hydrogen) atoms. The number of Topliss-reactive ketones (excluding diaryl/α,β-unsaturated/α-hetero) is 1. The first-order valence-corrected chi connectivity index (χ1v) is 18.0. The summed E-state index contributed by atoms with van der Waals surface area (Å²) in [7, 11) is 0. The zero-order chi connectivity index (χ0) is 31.9. The van der Waals surface area contributed by atoms with Crippen molar-refractivity contribution in [1.29, 1.82) is 0 Å². The highest BCUT2D eigenvalue weighted by Crippen LogP contribution is 2.48. The van der Waals surface area contributed by atoms with Gasteiger partial charge in [0.2, 0.25) is 5.78 Å². The molecule has 0 radical (unpaired) electrons. The molecule has 0 fully saturated rings. The van der Waals surface area contributed by atoms with Crippen LogP contribution in [0, 0.1) is 0 Å². The van der Waals surface area contributed by atoms with Crippen molar-refractivity contribution in [2.75, 3.05) is 0 Å². The predicted molar refractivity (Wildman–Crippen MR) is 189 cm³/mol. The van der Waals surface area contributed by atoms with E-state index < -0.39 is 0 Å². The van der Waals surface area contributed by atoms with Gasteiger partial charge in [-0.1, -0.05) is 112 Å². The van der Waals surface area contributed by atoms with Crippen LogP contribution in [0.15, 0.2) is 36.1 Å². The van der Waals surface area contributed by atoms with Crippen LogP contribution in [0.25, 0.3) is 6.08 Å². The first-order valence-electron chi connectivity index (χ1n) is 18.0. The maximum atomic E-state index is 14.5. The van der Waals surface area contributed by atoms with Gasteiger partial charge in [-0.25, -0.2) is 0 Å². The molecule has 2 aromatic rings. The SMILES string of the molecule is CCCC(CC)c1cc(C(=O)C(O)=Cc2cccc(CC)c2)c(C(CC)CCC)c(C(CC)CCC)c1C(CC)CCC. The number of carbonyl (C=O) groups is 1. The highest BCUT2D eigenvalue weighted by atomic mass is 16.3. The summed E-state index contributed by atoms with van der Waals surface area (Å²) >= 11 is 0. The Labute approximate surface area is 265 Å². The van der Waals surface area contributed by atoms with Gasteiger partial charge in [0.05, 0.1) is 0 Å². The van der Waals surface area contributed by atoms with Crippen LogP contribution >= 0.6 is 0 Å². The van der Waals surface area contributed by atoms with E-state index in [2.05, 4.69) is 80.5 Å². The summed E-state index contributed by atoms with van der Waals surface area (Å²) in [5.74, 6) is 1.29. The van der Waals surface area contributed by atoms with Crippen molar-refractivity contribution in [3.8, 4) is 0 Å². The van der Waals surface area contributed by atoms with Crippen LogP contribution in [0.4, 0.5) is 0 Å². The Morgan fingerprint density at radius 3 is 1.63 bits per heavy atom. The van der Waals surface area contributed by atoms with Crippen molar-refractivity contribution in [3.05, 3.63) is 75.0 Å². The lowest BCUT2D eigenvalue weighted by Crippen LogP contribution is -2.21. The quantitative estimate of drug-likeness (QED) is 0.0949. The lowest BCUT2D eigenvalue weighted by molar-refractivity contribution is 0.0978. The van der Waals surface area contributed by atoms with E-state index in [0.717, 1.165) is 88.2 Å². The fraction of sp³-hybridized carbons (Fsp3) is 0.634. The van der Waals surface area contributed by atoms with Crippen molar-refractivity contribution in [1.82, 2.24) is 0 Å². The number of aryl methyl sites for hydroxylation is 1. The van der Waals surface area contributed by atoms with Crippen LogP contribution in [-0.2, 0) is 6.42 Å². The second-order valence-electron chi connectivity index (χ2n) is 12.8. The summed E-state index contributed by atoms with van der Waals surface area (Å²) in [5.41, 5.74) is 8.57. The van der Waals surface area contributed by atoms with Crippen LogP contribution in [0.5, 0.6) is 0 Å². The molecular formula is C41H64O2. The Balaban J connectivity index is 3.12. The lowest BCUT2D eigenvalue weighted by Gasteiger charge is -2.35. The fourth-order valence-corrected chi connectivity index (χ4v) is 7.51. The molecule has 0 amide bonds. The Kier molecular flexibility index (Phi) is 16.4. The highest BCUT2D eigenvalue weighted by Gasteiger charge is 2.33. The van der Waals surface area contributed by atoms with Crippen LogP contribution in [0.1, 0.15) is 207 Å². The molecule has 0 aliphatic heterocycles. The minimum atomic E-state index is -0.207. The maximum absolute atomic E-state index is 14.5. The first-order chi connectivity index (χ1) is 20.8. The normalized spacial score (nSPS) is 14.9. The minimum absolute atomic E-state index is 0.141.